The average Bonchev–Trinajstić information content (AvgIpc) is 2.92. The van der Waals surface area contributed by atoms with E-state index >= 15 is 0 Å². The van der Waals surface area contributed by atoms with Gasteiger partial charge >= 0.3 is 6.18 Å². The summed E-state index contributed by atoms with van der Waals surface area (Å²) in [7, 11) is -4.55. The number of sulfonamides is 1. The third-order valence-electron chi connectivity index (χ3n) is 6.35. The normalized spacial score (nSPS) is 12.9. The molecule has 43 heavy (non-hydrogen) atoms. The Bertz CT molecular complexity index is 1540. The van der Waals surface area contributed by atoms with Crippen molar-refractivity contribution in [3.63, 3.8) is 0 Å². The Morgan fingerprint density at radius 3 is 2.02 bits per heavy atom. The lowest BCUT2D eigenvalue weighted by Gasteiger charge is -2.35. The van der Waals surface area contributed by atoms with Crippen molar-refractivity contribution in [3.05, 3.63) is 94.0 Å². The van der Waals surface area contributed by atoms with Gasteiger partial charge in [-0.05, 0) is 69.7 Å². The molecule has 13 heteroatoms. The number of anilines is 1. The summed E-state index contributed by atoms with van der Waals surface area (Å²) in [5.74, 6) is -1.37. The van der Waals surface area contributed by atoms with Crippen LogP contribution in [0.1, 0.15) is 45.2 Å². The molecule has 0 fully saturated rings. The highest BCUT2D eigenvalue weighted by atomic mass is 35.5. The van der Waals surface area contributed by atoms with Crippen LogP contribution in [-0.4, -0.2) is 43.3 Å². The van der Waals surface area contributed by atoms with Crippen molar-refractivity contribution in [1.29, 1.82) is 0 Å². The Kier molecular flexibility index (Phi) is 10.8. The highest BCUT2D eigenvalue weighted by Gasteiger charge is 2.36. The van der Waals surface area contributed by atoms with E-state index in [1.165, 1.54) is 30.3 Å². The molecule has 7 nitrogen and oxygen atoms in total. The number of carbonyl (C=O) groups is 2. The van der Waals surface area contributed by atoms with E-state index in [1.54, 1.807) is 52.0 Å². The Labute approximate surface area is 259 Å². The zero-order valence-electron chi connectivity index (χ0n) is 24.0. The molecule has 0 unspecified atom stereocenters. The van der Waals surface area contributed by atoms with Crippen molar-refractivity contribution in [3.8, 4) is 0 Å². The highest BCUT2D eigenvalue weighted by molar-refractivity contribution is 7.92. The minimum Gasteiger partial charge on any atom is -0.350 e. The maximum absolute atomic E-state index is 14.1. The monoisotopic (exact) mass is 657 g/mol. The van der Waals surface area contributed by atoms with Gasteiger partial charge in [0.15, 0.2) is 0 Å². The molecule has 0 aliphatic rings. The SMILES string of the molecule is CC[C@H](C(=O)NC(C)(C)C)N(Cc1c(Cl)cccc1Cl)C(=O)CN(c1cccc(C(F)(F)F)c1)S(=O)(=O)c1ccccc1. The number of hydrogen-bond donors (Lipinski definition) is 1. The fourth-order valence-electron chi connectivity index (χ4n) is 4.31. The summed E-state index contributed by atoms with van der Waals surface area (Å²) >= 11 is 12.8. The van der Waals surface area contributed by atoms with Gasteiger partial charge in [0.25, 0.3) is 10.0 Å². The second kappa shape index (κ2) is 13.6. The summed E-state index contributed by atoms with van der Waals surface area (Å²) in [6.45, 7) is 5.77. The van der Waals surface area contributed by atoms with Crippen LogP contribution in [0.15, 0.2) is 77.7 Å². The van der Waals surface area contributed by atoms with E-state index in [0.29, 0.717) is 15.9 Å². The van der Waals surface area contributed by atoms with Crippen LogP contribution in [0.4, 0.5) is 18.9 Å². The molecule has 0 radical (unpaired) electrons. The van der Waals surface area contributed by atoms with Gasteiger partial charge in [-0.3, -0.25) is 13.9 Å². The van der Waals surface area contributed by atoms with Gasteiger partial charge in [-0.15, -0.1) is 0 Å². The second-order valence-corrected chi connectivity index (χ2v) is 13.4. The van der Waals surface area contributed by atoms with Crippen molar-refractivity contribution in [2.75, 3.05) is 10.8 Å². The van der Waals surface area contributed by atoms with Crippen molar-refractivity contribution in [2.45, 2.75) is 63.3 Å². The minimum atomic E-state index is -4.77. The van der Waals surface area contributed by atoms with Gasteiger partial charge in [0.05, 0.1) is 16.1 Å². The van der Waals surface area contributed by atoms with Gasteiger partial charge in [0, 0.05) is 27.7 Å². The predicted octanol–water partition coefficient (Wildman–Crippen LogP) is 6.93. The summed E-state index contributed by atoms with van der Waals surface area (Å²) in [5, 5.41) is 3.25. The molecule has 0 heterocycles. The summed E-state index contributed by atoms with van der Waals surface area (Å²) in [5.41, 5.74) is -1.82. The van der Waals surface area contributed by atoms with E-state index in [0.717, 1.165) is 17.0 Å². The van der Waals surface area contributed by atoms with E-state index in [-0.39, 0.29) is 33.6 Å². The first kappa shape index (κ1) is 34.2. The van der Waals surface area contributed by atoms with Crippen molar-refractivity contribution in [2.24, 2.45) is 0 Å². The van der Waals surface area contributed by atoms with Crippen molar-refractivity contribution < 1.29 is 31.2 Å². The van der Waals surface area contributed by atoms with E-state index in [2.05, 4.69) is 5.32 Å². The molecule has 0 aliphatic heterocycles. The quantitative estimate of drug-likeness (QED) is 0.256. The Hall–Kier alpha value is -3.28. The maximum atomic E-state index is 14.1. The van der Waals surface area contributed by atoms with Gasteiger partial charge in [0.1, 0.15) is 12.6 Å². The van der Waals surface area contributed by atoms with Crippen LogP contribution >= 0.6 is 23.2 Å². The van der Waals surface area contributed by atoms with Crippen LogP contribution in [-0.2, 0) is 32.3 Å². The molecule has 2 amide bonds. The lowest BCUT2D eigenvalue weighted by Crippen LogP contribution is -2.55. The number of hydrogen-bond acceptors (Lipinski definition) is 4. The number of halogens is 5. The first-order valence-corrected chi connectivity index (χ1v) is 15.4. The molecule has 3 aromatic carbocycles. The second-order valence-electron chi connectivity index (χ2n) is 10.8. The largest absolute Gasteiger partial charge is 0.416 e. The molecule has 0 aliphatic carbocycles. The molecule has 0 bridgehead atoms. The van der Waals surface area contributed by atoms with Gasteiger partial charge < -0.3 is 10.2 Å². The topological polar surface area (TPSA) is 86.8 Å². The van der Waals surface area contributed by atoms with Gasteiger partial charge in [-0.25, -0.2) is 8.42 Å². The summed E-state index contributed by atoms with van der Waals surface area (Å²) < 4.78 is 69.1. The highest BCUT2D eigenvalue weighted by Crippen LogP contribution is 2.34. The molecule has 0 saturated carbocycles. The minimum absolute atomic E-state index is 0.130. The number of carbonyl (C=O) groups excluding carboxylic acids is 2. The first-order valence-electron chi connectivity index (χ1n) is 13.2. The van der Waals surface area contributed by atoms with Crippen molar-refractivity contribution in [1.82, 2.24) is 10.2 Å². The Morgan fingerprint density at radius 2 is 1.49 bits per heavy atom. The molecular weight excluding hydrogens is 626 g/mol. The van der Waals surface area contributed by atoms with E-state index in [4.69, 9.17) is 23.2 Å². The summed E-state index contributed by atoms with van der Waals surface area (Å²) in [6, 6.07) is 14.3. The third-order valence-corrected chi connectivity index (χ3v) is 8.84. The lowest BCUT2D eigenvalue weighted by atomic mass is 10.1. The zero-order chi connectivity index (χ0) is 32.2. The number of benzene rings is 3. The lowest BCUT2D eigenvalue weighted by molar-refractivity contribution is -0.141. The smallest absolute Gasteiger partial charge is 0.350 e. The first-order chi connectivity index (χ1) is 20.0. The fourth-order valence-corrected chi connectivity index (χ4v) is 6.26. The van der Waals surface area contributed by atoms with Crippen LogP contribution in [0.3, 0.4) is 0 Å². The number of alkyl halides is 3. The maximum Gasteiger partial charge on any atom is 0.416 e. The van der Waals surface area contributed by atoms with E-state index in [9.17, 15) is 31.2 Å². The van der Waals surface area contributed by atoms with Crippen molar-refractivity contribution >= 4 is 50.7 Å². The summed E-state index contributed by atoms with van der Waals surface area (Å²) in [6.07, 6.45) is -4.64. The summed E-state index contributed by atoms with van der Waals surface area (Å²) in [4.78, 5) is 28.4. The molecule has 3 rings (SSSR count). The van der Waals surface area contributed by atoms with Crippen LogP contribution in [0.25, 0.3) is 0 Å². The predicted molar refractivity (Wildman–Crippen MR) is 161 cm³/mol. The fraction of sp³-hybridized carbons (Fsp3) is 0.333. The Balaban J connectivity index is 2.16. The zero-order valence-corrected chi connectivity index (χ0v) is 26.3. The van der Waals surface area contributed by atoms with Crippen LogP contribution in [0.2, 0.25) is 10.0 Å². The third kappa shape index (κ3) is 8.64. The van der Waals surface area contributed by atoms with Gasteiger partial charge in [0.2, 0.25) is 11.8 Å². The molecule has 0 saturated heterocycles. The van der Waals surface area contributed by atoms with Crippen LogP contribution in [0.5, 0.6) is 0 Å². The number of amides is 2. The number of nitrogens with zero attached hydrogens (tertiary/aromatic N) is 2. The van der Waals surface area contributed by atoms with Crippen LogP contribution < -0.4 is 9.62 Å². The van der Waals surface area contributed by atoms with Gasteiger partial charge in [-0.2, -0.15) is 13.2 Å². The standard InChI is InChI=1S/C30H32Cl2F3N3O4S/c1-5-26(28(40)36-29(2,3)4)37(18-23-24(31)15-10-16-25(23)32)27(39)19-38(43(41,42)22-13-7-6-8-14-22)21-12-9-11-20(17-21)30(33,34)35/h6-17,26H,5,18-19H2,1-4H3,(H,36,40)/t26-/m1/s1. The molecule has 3 aromatic rings. The Morgan fingerprint density at radius 1 is 0.907 bits per heavy atom. The molecule has 232 valence electrons. The molecule has 0 aromatic heterocycles. The molecular formula is C30H32Cl2F3N3O4S. The molecule has 1 atom stereocenters. The van der Waals surface area contributed by atoms with Crippen LogP contribution in [0, 0.1) is 0 Å². The van der Waals surface area contributed by atoms with Gasteiger partial charge in [-0.1, -0.05) is 60.5 Å². The van der Waals surface area contributed by atoms with E-state index < -0.39 is 51.7 Å². The molecule has 1 N–H and O–H groups in total. The van der Waals surface area contributed by atoms with E-state index in [1.807, 2.05) is 0 Å². The average molecular weight is 659 g/mol. The molecule has 0 spiro atoms. The number of nitrogens with one attached hydrogen (secondary N) is 1. The number of rotatable bonds is 10.